The van der Waals surface area contributed by atoms with Crippen molar-refractivity contribution in [1.29, 1.82) is 0 Å². The SMILES string of the molecule is COc1ccc(Oc2ccc(Cl)cc2NC(=O)/C(=C/c2ccco2)NC(=O)c2ccccc2)cc1. The molecule has 2 N–H and O–H groups in total. The second kappa shape index (κ2) is 11.1. The molecule has 0 aliphatic carbocycles. The maximum absolute atomic E-state index is 13.3. The molecule has 0 radical (unpaired) electrons. The summed E-state index contributed by atoms with van der Waals surface area (Å²) < 4.78 is 16.4. The Labute approximate surface area is 206 Å². The molecule has 0 unspecified atom stereocenters. The van der Waals surface area contributed by atoms with Crippen molar-refractivity contribution in [2.24, 2.45) is 0 Å². The summed E-state index contributed by atoms with van der Waals surface area (Å²) in [5, 5.41) is 5.81. The minimum atomic E-state index is -0.590. The van der Waals surface area contributed by atoms with E-state index in [1.807, 2.05) is 0 Å². The van der Waals surface area contributed by atoms with Crippen LogP contribution in [0.2, 0.25) is 5.02 Å². The second-order valence-corrected chi connectivity index (χ2v) is 7.70. The van der Waals surface area contributed by atoms with Crippen molar-refractivity contribution >= 4 is 35.2 Å². The fourth-order valence-corrected chi connectivity index (χ4v) is 3.28. The van der Waals surface area contributed by atoms with Gasteiger partial charge in [-0.15, -0.1) is 0 Å². The molecule has 1 aromatic heterocycles. The third-order valence-electron chi connectivity index (χ3n) is 4.84. The Bertz CT molecular complexity index is 1330. The van der Waals surface area contributed by atoms with Gasteiger partial charge in [-0.05, 0) is 66.7 Å². The Hall–Kier alpha value is -4.49. The summed E-state index contributed by atoms with van der Waals surface area (Å²) >= 11 is 6.18. The lowest BCUT2D eigenvalue weighted by molar-refractivity contribution is -0.113. The monoisotopic (exact) mass is 488 g/mol. The highest BCUT2D eigenvalue weighted by molar-refractivity contribution is 6.31. The molecule has 35 heavy (non-hydrogen) atoms. The van der Waals surface area contributed by atoms with Crippen molar-refractivity contribution in [2.45, 2.75) is 0 Å². The normalized spacial score (nSPS) is 11.0. The van der Waals surface area contributed by atoms with Gasteiger partial charge in [-0.25, -0.2) is 0 Å². The summed E-state index contributed by atoms with van der Waals surface area (Å²) in [5.41, 5.74) is 0.693. The van der Waals surface area contributed by atoms with Crippen molar-refractivity contribution in [3.05, 3.63) is 113 Å². The summed E-state index contributed by atoms with van der Waals surface area (Å²) in [7, 11) is 1.58. The number of amides is 2. The molecule has 0 bridgehead atoms. The van der Waals surface area contributed by atoms with Gasteiger partial charge in [0.2, 0.25) is 0 Å². The fourth-order valence-electron chi connectivity index (χ4n) is 3.11. The van der Waals surface area contributed by atoms with Crippen LogP contribution in [0, 0.1) is 0 Å². The molecule has 176 valence electrons. The number of hydrogen-bond acceptors (Lipinski definition) is 5. The molecule has 0 saturated heterocycles. The maximum Gasteiger partial charge on any atom is 0.272 e. The van der Waals surface area contributed by atoms with E-state index in [0.717, 1.165) is 0 Å². The minimum absolute atomic E-state index is 0.0239. The number of benzene rings is 3. The summed E-state index contributed by atoms with van der Waals surface area (Å²) in [5.74, 6) is 0.937. The van der Waals surface area contributed by atoms with E-state index in [4.69, 9.17) is 25.5 Å². The molecular weight excluding hydrogens is 468 g/mol. The zero-order valence-corrected chi connectivity index (χ0v) is 19.4. The lowest BCUT2D eigenvalue weighted by atomic mass is 10.2. The zero-order chi connectivity index (χ0) is 24.6. The van der Waals surface area contributed by atoms with Crippen LogP contribution < -0.4 is 20.1 Å². The zero-order valence-electron chi connectivity index (χ0n) is 18.7. The lowest BCUT2D eigenvalue weighted by Gasteiger charge is -2.15. The van der Waals surface area contributed by atoms with Crippen LogP contribution in [0.1, 0.15) is 16.1 Å². The van der Waals surface area contributed by atoms with E-state index in [-0.39, 0.29) is 5.70 Å². The average Bonchev–Trinajstić information content (AvgIpc) is 3.39. The van der Waals surface area contributed by atoms with Gasteiger partial charge in [0.1, 0.15) is 23.0 Å². The largest absolute Gasteiger partial charge is 0.497 e. The molecule has 0 fully saturated rings. The predicted octanol–water partition coefficient (Wildman–Crippen LogP) is 6.14. The number of ether oxygens (including phenoxy) is 2. The van der Waals surface area contributed by atoms with Gasteiger partial charge in [0, 0.05) is 16.7 Å². The van der Waals surface area contributed by atoms with Gasteiger partial charge in [-0.1, -0.05) is 29.8 Å². The Kier molecular flexibility index (Phi) is 7.50. The molecule has 0 atom stereocenters. The molecule has 1 heterocycles. The molecule has 0 spiro atoms. The van der Waals surface area contributed by atoms with E-state index in [9.17, 15) is 9.59 Å². The number of hydrogen-bond donors (Lipinski definition) is 2. The van der Waals surface area contributed by atoms with Crippen LogP contribution in [0.25, 0.3) is 6.08 Å². The highest BCUT2D eigenvalue weighted by atomic mass is 35.5. The van der Waals surface area contributed by atoms with Gasteiger partial charge in [0.25, 0.3) is 11.8 Å². The van der Waals surface area contributed by atoms with E-state index >= 15 is 0 Å². The van der Waals surface area contributed by atoms with Gasteiger partial charge in [-0.2, -0.15) is 0 Å². The first-order valence-corrected chi connectivity index (χ1v) is 10.9. The molecule has 8 heteroatoms. The van der Waals surface area contributed by atoms with E-state index in [0.29, 0.717) is 39.3 Å². The second-order valence-electron chi connectivity index (χ2n) is 7.27. The number of anilines is 1. The third-order valence-corrected chi connectivity index (χ3v) is 5.07. The Morgan fingerprint density at radius 3 is 2.34 bits per heavy atom. The molecule has 3 aromatic carbocycles. The van der Waals surface area contributed by atoms with Crippen LogP contribution in [0.15, 0.2) is 101 Å². The number of methoxy groups -OCH3 is 1. The number of rotatable bonds is 8. The van der Waals surface area contributed by atoms with Gasteiger partial charge in [0.05, 0.1) is 19.1 Å². The molecule has 0 aliphatic rings. The molecule has 4 aromatic rings. The Morgan fingerprint density at radius 2 is 1.66 bits per heavy atom. The van der Waals surface area contributed by atoms with Gasteiger partial charge >= 0.3 is 0 Å². The summed E-state index contributed by atoms with van der Waals surface area (Å²) in [6.45, 7) is 0. The van der Waals surface area contributed by atoms with Crippen LogP contribution in [-0.2, 0) is 4.79 Å². The van der Waals surface area contributed by atoms with Crippen molar-refractivity contribution < 1.29 is 23.5 Å². The number of nitrogens with one attached hydrogen (secondary N) is 2. The van der Waals surface area contributed by atoms with Crippen molar-refractivity contribution in [1.82, 2.24) is 5.32 Å². The van der Waals surface area contributed by atoms with E-state index in [1.165, 1.54) is 12.3 Å². The van der Waals surface area contributed by atoms with E-state index in [2.05, 4.69) is 10.6 Å². The molecule has 2 amide bonds. The molecule has 0 aliphatic heterocycles. The fraction of sp³-hybridized carbons (Fsp3) is 0.0370. The first-order valence-electron chi connectivity index (χ1n) is 10.6. The quantitative estimate of drug-likeness (QED) is 0.291. The van der Waals surface area contributed by atoms with E-state index < -0.39 is 11.8 Å². The Balaban J connectivity index is 1.59. The van der Waals surface area contributed by atoms with Crippen LogP contribution >= 0.6 is 11.6 Å². The summed E-state index contributed by atoms with van der Waals surface area (Å²) in [6, 6.07) is 23.7. The first-order chi connectivity index (χ1) is 17.0. The maximum atomic E-state index is 13.3. The lowest BCUT2D eigenvalue weighted by Crippen LogP contribution is -2.30. The van der Waals surface area contributed by atoms with Crippen LogP contribution in [0.4, 0.5) is 5.69 Å². The third kappa shape index (κ3) is 6.31. The van der Waals surface area contributed by atoms with Crippen molar-refractivity contribution in [3.8, 4) is 17.2 Å². The number of halogens is 1. The summed E-state index contributed by atoms with van der Waals surface area (Å²) in [6.07, 6.45) is 2.91. The minimum Gasteiger partial charge on any atom is -0.497 e. The number of carbonyl (C=O) groups is 2. The van der Waals surface area contributed by atoms with Crippen LogP contribution in [0.5, 0.6) is 17.2 Å². The predicted molar refractivity (Wildman–Crippen MR) is 134 cm³/mol. The topological polar surface area (TPSA) is 89.8 Å². The number of furan rings is 1. The Morgan fingerprint density at radius 1 is 0.914 bits per heavy atom. The highest BCUT2D eigenvalue weighted by Crippen LogP contribution is 2.33. The standard InChI is InChI=1S/C27H21ClN2O5/c1-33-20-10-12-21(13-11-20)35-25-14-9-19(28)16-23(25)29-27(32)24(17-22-8-5-15-34-22)30-26(31)18-6-3-2-4-7-18/h2-17H,1H3,(H,29,32)(H,30,31)/b24-17-. The molecule has 0 saturated carbocycles. The summed E-state index contributed by atoms with van der Waals surface area (Å²) in [4.78, 5) is 26.0. The van der Waals surface area contributed by atoms with Gasteiger partial charge in [0.15, 0.2) is 5.75 Å². The van der Waals surface area contributed by atoms with Crippen molar-refractivity contribution in [2.75, 3.05) is 12.4 Å². The molecular formula is C27H21ClN2O5. The van der Waals surface area contributed by atoms with Crippen LogP contribution in [0.3, 0.4) is 0 Å². The van der Waals surface area contributed by atoms with Gasteiger partial charge in [-0.3, -0.25) is 9.59 Å². The van der Waals surface area contributed by atoms with Crippen LogP contribution in [-0.4, -0.2) is 18.9 Å². The molecule has 4 rings (SSSR count). The van der Waals surface area contributed by atoms with Gasteiger partial charge < -0.3 is 24.5 Å². The smallest absolute Gasteiger partial charge is 0.272 e. The first kappa shape index (κ1) is 23.7. The highest BCUT2D eigenvalue weighted by Gasteiger charge is 2.18. The molecule has 7 nitrogen and oxygen atoms in total. The average molecular weight is 489 g/mol. The van der Waals surface area contributed by atoms with Crippen molar-refractivity contribution in [3.63, 3.8) is 0 Å². The number of carbonyl (C=O) groups excluding carboxylic acids is 2. The van der Waals surface area contributed by atoms with E-state index in [1.54, 1.807) is 92.0 Å².